The van der Waals surface area contributed by atoms with E-state index in [2.05, 4.69) is 15.6 Å². The van der Waals surface area contributed by atoms with Gasteiger partial charge in [0.15, 0.2) is 11.5 Å². The Morgan fingerprint density at radius 3 is 2.52 bits per heavy atom. The summed E-state index contributed by atoms with van der Waals surface area (Å²) in [6.07, 6.45) is 3.44. The van der Waals surface area contributed by atoms with Crippen LogP contribution in [0.5, 0.6) is 11.5 Å². The molecule has 0 spiro atoms. The molecule has 0 fully saturated rings. The van der Waals surface area contributed by atoms with Crippen molar-refractivity contribution in [1.29, 1.82) is 0 Å². The fraction of sp³-hybridized carbons (Fsp3) is 0.269. The van der Waals surface area contributed by atoms with Crippen LogP contribution in [0.4, 0.5) is 11.4 Å². The second-order valence-corrected chi connectivity index (χ2v) is 7.87. The summed E-state index contributed by atoms with van der Waals surface area (Å²) in [6.45, 7) is 8.19. The highest BCUT2D eigenvalue weighted by molar-refractivity contribution is 6.05. The highest BCUT2D eigenvalue weighted by Gasteiger charge is 2.14. The van der Waals surface area contributed by atoms with Gasteiger partial charge in [-0.2, -0.15) is 0 Å². The summed E-state index contributed by atoms with van der Waals surface area (Å²) in [6, 6.07) is 14.3. The molecule has 0 aliphatic heterocycles. The number of anilines is 2. The first-order valence-electron chi connectivity index (χ1n) is 10.9. The van der Waals surface area contributed by atoms with Crippen LogP contribution in [0, 0.1) is 12.8 Å². The van der Waals surface area contributed by atoms with Crippen molar-refractivity contribution in [2.45, 2.75) is 34.3 Å². The Hall–Kier alpha value is -3.87. The highest BCUT2D eigenvalue weighted by Crippen LogP contribution is 2.30. The predicted octanol–water partition coefficient (Wildman–Crippen LogP) is 5.21. The van der Waals surface area contributed by atoms with Crippen LogP contribution in [0.2, 0.25) is 0 Å². The second-order valence-electron chi connectivity index (χ2n) is 7.87. The van der Waals surface area contributed by atoms with Crippen molar-refractivity contribution in [3.05, 3.63) is 77.6 Å². The molecule has 0 unspecified atom stereocenters. The highest BCUT2D eigenvalue weighted by atomic mass is 16.5. The number of ether oxygens (including phenoxy) is 2. The van der Waals surface area contributed by atoms with E-state index in [0.29, 0.717) is 41.7 Å². The topological polar surface area (TPSA) is 89.6 Å². The molecular weight excluding hydrogens is 418 g/mol. The van der Waals surface area contributed by atoms with Crippen LogP contribution < -0.4 is 20.1 Å². The predicted molar refractivity (Wildman–Crippen MR) is 129 cm³/mol. The maximum atomic E-state index is 13.0. The van der Waals surface area contributed by atoms with Gasteiger partial charge in [0.2, 0.25) is 5.91 Å². The number of nitrogens with one attached hydrogen (secondary N) is 2. The van der Waals surface area contributed by atoms with E-state index < -0.39 is 0 Å². The summed E-state index contributed by atoms with van der Waals surface area (Å²) >= 11 is 0. The lowest BCUT2D eigenvalue weighted by atomic mass is 10.1. The number of nitrogens with zero attached hydrogens (tertiary/aromatic N) is 1. The van der Waals surface area contributed by atoms with E-state index in [9.17, 15) is 9.59 Å². The average molecular weight is 448 g/mol. The van der Waals surface area contributed by atoms with Gasteiger partial charge in [0.25, 0.3) is 5.91 Å². The number of aryl methyl sites for hydroxylation is 1. The van der Waals surface area contributed by atoms with Crippen LogP contribution >= 0.6 is 0 Å². The van der Waals surface area contributed by atoms with Gasteiger partial charge < -0.3 is 20.1 Å². The molecule has 0 bridgehead atoms. The number of aromatic nitrogens is 1. The van der Waals surface area contributed by atoms with Crippen LogP contribution in [0.15, 0.2) is 60.9 Å². The van der Waals surface area contributed by atoms with Crippen LogP contribution in [0.1, 0.15) is 42.3 Å². The van der Waals surface area contributed by atoms with Crippen molar-refractivity contribution in [3.8, 4) is 11.5 Å². The second kappa shape index (κ2) is 11.1. The number of carbonyl (C=O) groups is 2. The molecule has 2 aromatic carbocycles. The minimum atomic E-state index is -0.287. The Bertz CT molecular complexity index is 1110. The van der Waals surface area contributed by atoms with Gasteiger partial charge in [0, 0.05) is 40.8 Å². The standard InChI is InChI=1S/C26H29N3O4/c1-5-32-24-13-20(9-11-23(24)33-16-19-7-6-12-27-15-19)26(31)29-22-14-21(10-8-18(22)4)28-25(30)17(2)3/h6-15,17H,5,16H2,1-4H3,(H,28,30)(H,29,31). The van der Waals surface area contributed by atoms with Crippen molar-refractivity contribution >= 4 is 23.2 Å². The monoisotopic (exact) mass is 447 g/mol. The SMILES string of the molecule is CCOc1cc(C(=O)Nc2cc(NC(=O)C(C)C)ccc2C)ccc1OCc1cccnc1. The van der Waals surface area contributed by atoms with Gasteiger partial charge in [-0.25, -0.2) is 0 Å². The molecule has 0 saturated carbocycles. The van der Waals surface area contributed by atoms with Crippen molar-refractivity contribution in [1.82, 2.24) is 4.98 Å². The van der Waals surface area contributed by atoms with E-state index in [4.69, 9.17) is 9.47 Å². The third kappa shape index (κ3) is 6.55. The molecule has 3 aromatic rings. The summed E-state index contributed by atoms with van der Waals surface area (Å²) in [4.78, 5) is 29.0. The van der Waals surface area contributed by atoms with Gasteiger partial charge in [0.1, 0.15) is 6.61 Å². The molecule has 2 amide bonds. The molecule has 3 rings (SSSR count). The van der Waals surface area contributed by atoms with Crippen molar-refractivity contribution < 1.29 is 19.1 Å². The number of pyridine rings is 1. The zero-order chi connectivity index (χ0) is 23.8. The molecule has 0 aliphatic rings. The number of benzene rings is 2. The number of amides is 2. The fourth-order valence-corrected chi connectivity index (χ4v) is 3.00. The zero-order valence-corrected chi connectivity index (χ0v) is 19.3. The van der Waals surface area contributed by atoms with Crippen LogP contribution in [-0.2, 0) is 11.4 Å². The molecule has 7 nitrogen and oxygen atoms in total. The van der Waals surface area contributed by atoms with Crippen molar-refractivity contribution in [2.75, 3.05) is 17.2 Å². The maximum absolute atomic E-state index is 13.0. The quantitative estimate of drug-likeness (QED) is 0.470. The Labute approximate surface area is 194 Å². The smallest absolute Gasteiger partial charge is 0.255 e. The molecule has 1 aromatic heterocycles. The molecule has 0 aliphatic carbocycles. The third-order valence-corrected chi connectivity index (χ3v) is 4.90. The minimum absolute atomic E-state index is 0.0839. The normalized spacial score (nSPS) is 10.6. The van der Waals surface area contributed by atoms with Crippen LogP contribution in [-0.4, -0.2) is 23.4 Å². The molecule has 7 heteroatoms. The summed E-state index contributed by atoms with van der Waals surface area (Å²) in [7, 11) is 0. The third-order valence-electron chi connectivity index (χ3n) is 4.90. The summed E-state index contributed by atoms with van der Waals surface area (Å²) < 4.78 is 11.6. The van der Waals surface area contributed by atoms with E-state index in [1.54, 1.807) is 36.7 Å². The number of rotatable bonds is 9. The first kappa shape index (κ1) is 23.8. The molecule has 0 saturated heterocycles. The van der Waals surface area contributed by atoms with Crippen molar-refractivity contribution in [2.24, 2.45) is 5.92 Å². The molecule has 2 N–H and O–H groups in total. The molecule has 33 heavy (non-hydrogen) atoms. The lowest BCUT2D eigenvalue weighted by Gasteiger charge is -2.15. The van der Waals surface area contributed by atoms with Gasteiger partial charge in [-0.15, -0.1) is 0 Å². The Balaban J connectivity index is 1.75. The van der Waals surface area contributed by atoms with Crippen LogP contribution in [0.3, 0.4) is 0 Å². The number of carbonyl (C=O) groups excluding carboxylic acids is 2. The Kier molecular flexibility index (Phi) is 8.02. The van der Waals surface area contributed by atoms with Gasteiger partial charge in [-0.3, -0.25) is 14.6 Å². The molecule has 0 atom stereocenters. The lowest BCUT2D eigenvalue weighted by molar-refractivity contribution is -0.118. The fourth-order valence-electron chi connectivity index (χ4n) is 3.00. The van der Waals surface area contributed by atoms with Crippen molar-refractivity contribution in [3.63, 3.8) is 0 Å². The Morgan fingerprint density at radius 1 is 1.00 bits per heavy atom. The summed E-state index contributed by atoms with van der Waals surface area (Å²) in [5.41, 5.74) is 3.50. The lowest BCUT2D eigenvalue weighted by Crippen LogP contribution is -2.18. The maximum Gasteiger partial charge on any atom is 0.255 e. The first-order chi connectivity index (χ1) is 15.9. The zero-order valence-electron chi connectivity index (χ0n) is 19.3. The summed E-state index contributed by atoms with van der Waals surface area (Å²) in [5.74, 6) is 0.528. The average Bonchev–Trinajstić information content (AvgIpc) is 2.81. The van der Waals surface area contributed by atoms with Crippen LogP contribution in [0.25, 0.3) is 0 Å². The number of hydrogen-bond acceptors (Lipinski definition) is 5. The summed E-state index contributed by atoms with van der Waals surface area (Å²) in [5, 5.41) is 5.77. The minimum Gasteiger partial charge on any atom is -0.490 e. The van der Waals surface area contributed by atoms with E-state index in [-0.39, 0.29) is 17.7 Å². The van der Waals surface area contributed by atoms with E-state index in [1.807, 2.05) is 52.0 Å². The largest absolute Gasteiger partial charge is 0.490 e. The van der Waals surface area contributed by atoms with Gasteiger partial charge in [-0.05, 0) is 55.8 Å². The Morgan fingerprint density at radius 2 is 1.82 bits per heavy atom. The van der Waals surface area contributed by atoms with Gasteiger partial charge in [-0.1, -0.05) is 26.0 Å². The molecule has 0 radical (unpaired) electrons. The van der Waals surface area contributed by atoms with Gasteiger partial charge >= 0.3 is 0 Å². The van der Waals surface area contributed by atoms with E-state index in [0.717, 1.165) is 11.1 Å². The van der Waals surface area contributed by atoms with E-state index in [1.165, 1.54) is 0 Å². The van der Waals surface area contributed by atoms with E-state index >= 15 is 0 Å². The first-order valence-corrected chi connectivity index (χ1v) is 10.9. The molecule has 1 heterocycles. The molecular formula is C26H29N3O4. The van der Waals surface area contributed by atoms with Gasteiger partial charge in [0.05, 0.1) is 6.61 Å². The number of hydrogen-bond donors (Lipinski definition) is 2. The molecule has 172 valence electrons.